The Kier molecular flexibility index (Phi) is 6.17. The van der Waals surface area contributed by atoms with E-state index in [1.54, 1.807) is 11.3 Å². The summed E-state index contributed by atoms with van der Waals surface area (Å²) in [7, 11) is 2.09. The third-order valence-electron chi connectivity index (χ3n) is 2.95. The zero-order valence-corrected chi connectivity index (χ0v) is 14.9. The monoisotopic (exact) mass is 384 g/mol. The number of nitrogens with two attached hydrogens (primary N) is 1. The SMILES string of the molecule is CN(CCOc1ccc(C(N)=S)cc1)Cc1csc(Br)c1. The highest BCUT2D eigenvalue weighted by molar-refractivity contribution is 9.11. The summed E-state index contributed by atoms with van der Waals surface area (Å²) in [6.45, 7) is 2.44. The molecule has 0 fully saturated rings. The Morgan fingerprint density at radius 3 is 2.67 bits per heavy atom. The lowest BCUT2D eigenvalue weighted by atomic mass is 10.2. The van der Waals surface area contributed by atoms with Crippen molar-refractivity contribution >= 4 is 44.5 Å². The fourth-order valence-corrected chi connectivity index (χ4v) is 3.19. The van der Waals surface area contributed by atoms with Gasteiger partial charge in [0.15, 0.2) is 0 Å². The molecule has 2 rings (SSSR count). The average Bonchev–Trinajstić information content (AvgIpc) is 2.84. The van der Waals surface area contributed by atoms with Crippen LogP contribution in [0, 0.1) is 0 Å². The van der Waals surface area contributed by atoms with Crippen LogP contribution in [0.25, 0.3) is 0 Å². The second-order valence-electron chi connectivity index (χ2n) is 4.73. The molecule has 0 spiro atoms. The van der Waals surface area contributed by atoms with Crippen molar-refractivity contribution in [2.75, 3.05) is 20.2 Å². The molecule has 0 atom stereocenters. The van der Waals surface area contributed by atoms with E-state index in [-0.39, 0.29) is 0 Å². The van der Waals surface area contributed by atoms with Gasteiger partial charge in [-0.3, -0.25) is 4.90 Å². The minimum atomic E-state index is 0.406. The minimum Gasteiger partial charge on any atom is -0.492 e. The van der Waals surface area contributed by atoms with E-state index in [0.717, 1.165) is 24.4 Å². The Morgan fingerprint density at radius 2 is 2.10 bits per heavy atom. The molecular formula is C15H17BrN2OS2. The van der Waals surface area contributed by atoms with Crippen LogP contribution in [-0.4, -0.2) is 30.1 Å². The van der Waals surface area contributed by atoms with Crippen LogP contribution in [0.2, 0.25) is 0 Å². The molecule has 21 heavy (non-hydrogen) atoms. The summed E-state index contributed by atoms with van der Waals surface area (Å²) in [6, 6.07) is 9.69. The topological polar surface area (TPSA) is 38.5 Å². The Balaban J connectivity index is 1.74. The first-order valence-corrected chi connectivity index (χ1v) is 8.57. The van der Waals surface area contributed by atoms with Gasteiger partial charge in [0, 0.05) is 18.7 Å². The first kappa shape index (κ1) is 16.4. The molecule has 0 amide bonds. The number of halogens is 1. The number of hydrogen-bond donors (Lipinski definition) is 1. The van der Waals surface area contributed by atoms with E-state index < -0.39 is 0 Å². The lowest BCUT2D eigenvalue weighted by molar-refractivity contribution is 0.233. The molecule has 0 aliphatic rings. The third kappa shape index (κ3) is 5.39. The Hall–Kier alpha value is -0.950. The highest BCUT2D eigenvalue weighted by Crippen LogP contribution is 2.21. The maximum Gasteiger partial charge on any atom is 0.119 e. The highest BCUT2D eigenvalue weighted by atomic mass is 79.9. The molecule has 112 valence electrons. The van der Waals surface area contributed by atoms with Crippen molar-refractivity contribution in [2.45, 2.75) is 6.54 Å². The smallest absolute Gasteiger partial charge is 0.119 e. The van der Waals surface area contributed by atoms with Crippen molar-refractivity contribution in [1.82, 2.24) is 4.90 Å². The molecule has 1 heterocycles. The predicted octanol–water partition coefficient (Wildman–Crippen LogP) is 3.66. The normalized spacial score (nSPS) is 10.8. The molecule has 2 aromatic rings. The number of thiocarbonyl (C=S) groups is 1. The van der Waals surface area contributed by atoms with Gasteiger partial charge in [-0.25, -0.2) is 0 Å². The first-order valence-electron chi connectivity index (χ1n) is 6.49. The standard InChI is InChI=1S/C15H17BrN2OS2/c1-18(9-11-8-14(16)21-10-11)6-7-19-13-4-2-12(3-5-13)15(17)20/h2-5,8,10H,6-7,9H2,1H3,(H2,17,20). The predicted molar refractivity (Wildman–Crippen MR) is 96.2 cm³/mol. The van der Waals surface area contributed by atoms with Crippen molar-refractivity contribution in [1.29, 1.82) is 0 Å². The second-order valence-corrected chi connectivity index (χ2v) is 7.46. The van der Waals surface area contributed by atoms with Crippen LogP contribution in [0.4, 0.5) is 0 Å². The second kappa shape index (κ2) is 7.89. The summed E-state index contributed by atoms with van der Waals surface area (Å²) >= 11 is 10.1. The van der Waals surface area contributed by atoms with E-state index in [2.05, 4.69) is 39.3 Å². The lowest BCUT2D eigenvalue weighted by Crippen LogP contribution is -2.23. The zero-order valence-electron chi connectivity index (χ0n) is 11.7. The van der Waals surface area contributed by atoms with Gasteiger partial charge < -0.3 is 10.5 Å². The van der Waals surface area contributed by atoms with Crippen LogP contribution in [0.15, 0.2) is 39.5 Å². The van der Waals surface area contributed by atoms with Crippen molar-refractivity contribution in [3.8, 4) is 5.75 Å². The van der Waals surface area contributed by atoms with E-state index in [1.807, 2.05) is 24.3 Å². The van der Waals surface area contributed by atoms with Gasteiger partial charge in [-0.15, -0.1) is 11.3 Å². The van der Waals surface area contributed by atoms with E-state index >= 15 is 0 Å². The average molecular weight is 385 g/mol. The molecule has 0 aliphatic heterocycles. The molecule has 0 radical (unpaired) electrons. The molecular weight excluding hydrogens is 368 g/mol. The molecule has 0 saturated heterocycles. The molecule has 1 aromatic heterocycles. The number of ether oxygens (including phenoxy) is 1. The maximum absolute atomic E-state index is 5.72. The summed E-state index contributed by atoms with van der Waals surface area (Å²) < 4.78 is 6.89. The van der Waals surface area contributed by atoms with Gasteiger partial charge in [-0.1, -0.05) is 12.2 Å². The van der Waals surface area contributed by atoms with E-state index in [9.17, 15) is 0 Å². The van der Waals surface area contributed by atoms with Crippen LogP contribution < -0.4 is 10.5 Å². The first-order chi connectivity index (χ1) is 10.0. The van der Waals surface area contributed by atoms with E-state index in [4.69, 9.17) is 22.7 Å². The largest absolute Gasteiger partial charge is 0.492 e. The zero-order chi connectivity index (χ0) is 15.2. The third-order valence-corrected chi connectivity index (χ3v) is 4.74. The number of nitrogens with zero attached hydrogens (tertiary/aromatic N) is 1. The summed E-state index contributed by atoms with van der Waals surface area (Å²) in [6.07, 6.45) is 0. The number of rotatable bonds is 7. The molecule has 2 N–H and O–H groups in total. The number of benzene rings is 1. The Bertz CT molecular complexity index is 598. The molecule has 0 saturated carbocycles. The quantitative estimate of drug-likeness (QED) is 0.739. The fraction of sp³-hybridized carbons (Fsp3) is 0.267. The molecule has 6 heteroatoms. The van der Waals surface area contributed by atoms with Crippen molar-refractivity contribution in [2.24, 2.45) is 5.73 Å². The molecule has 0 bridgehead atoms. The van der Waals surface area contributed by atoms with Gasteiger partial charge >= 0.3 is 0 Å². The molecule has 0 aliphatic carbocycles. The number of hydrogen-bond acceptors (Lipinski definition) is 4. The van der Waals surface area contributed by atoms with Gasteiger partial charge in [0.25, 0.3) is 0 Å². The molecule has 1 aromatic carbocycles. The fourth-order valence-electron chi connectivity index (χ4n) is 1.85. The maximum atomic E-state index is 5.72. The number of thiophene rings is 1. The van der Waals surface area contributed by atoms with Gasteiger partial charge in [0.2, 0.25) is 0 Å². The van der Waals surface area contributed by atoms with Crippen LogP contribution >= 0.6 is 39.5 Å². The van der Waals surface area contributed by atoms with E-state index in [0.29, 0.717) is 11.6 Å². The van der Waals surface area contributed by atoms with Crippen LogP contribution in [0.1, 0.15) is 11.1 Å². The van der Waals surface area contributed by atoms with Crippen molar-refractivity contribution in [3.05, 3.63) is 50.6 Å². The lowest BCUT2D eigenvalue weighted by Gasteiger charge is -2.16. The van der Waals surface area contributed by atoms with Crippen LogP contribution in [-0.2, 0) is 6.54 Å². The van der Waals surface area contributed by atoms with Gasteiger partial charge in [-0.2, -0.15) is 0 Å². The van der Waals surface area contributed by atoms with Gasteiger partial charge in [-0.05, 0) is 64.3 Å². The summed E-state index contributed by atoms with van der Waals surface area (Å²) in [5.74, 6) is 0.835. The van der Waals surface area contributed by atoms with Crippen molar-refractivity contribution in [3.63, 3.8) is 0 Å². The van der Waals surface area contributed by atoms with E-state index in [1.165, 1.54) is 9.35 Å². The Labute approximate surface area is 142 Å². The highest BCUT2D eigenvalue weighted by Gasteiger charge is 2.03. The van der Waals surface area contributed by atoms with Crippen molar-refractivity contribution < 1.29 is 4.74 Å². The minimum absolute atomic E-state index is 0.406. The summed E-state index contributed by atoms with van der Waals surface area (Å²) in [5, 5.41) is 2.16. The van der Waals surface area contributed by atoms with Crippen LogP contribution in [0.5, 0.6) is 5.75 Å². The molecule has 0 unspecified atom stereocenters. The van der Waals surface area contributed by atoms with Gasteiger partial charge in [0.05, 0.1) is 3.79 Å². The number of likely N-dealkylation sites (N-methyl/N-ethyl adjacent to an activating group) is 1. The van der Waals surface area contributed by atoms with Crippen LogP contribution in [0.3, 0.4) is 0 Å². The summed E-state index contributed by atoms with van der Waals surface area (Å²) in [5.41, 5.74) is 7.73. The van der Waals surface area contributed by atoms with Gasteiger partial charge in [0.1, 0.15) is 17.3 Å². The Morgan fingerprint density at radius 1 is 1.38 bits per heavy atom. The molecule has 3 nitrogen and oxygen atoms in total. The summed E-state index contributed by atoms with van der Waals surface area (Å²) in [4.78, 5) is 2.64.